The Labute approximate surface area is 127 Å². The van der Waals surface area contributed by atoms with Crippen LogP contribution in [-0.4, -0.2) is 20.0 Å². The maximum Gasteiger partial charge on any atom is 0.201 e. The third kappa shape index (κ3) is 2.69. The van der Waals surface area contributed by atoms with Crippen LogP contribution in [0.1, 0.15) is 15.9 Å². The SMILES string of the molecule is COc1cc(C(=O)c2ccoc2Br)c(OC)cc1Br. The van der Waals surface area contributed by atoms with Crippen LogP contribution in [0.2, 0.25) is 0 Å². The number of carbonyl (C=O) groups excluding carboxylic acids is 1. The Morgan fingerprint density at radius 2 is 1.79 bits per heavy atom. The van der Waals surface area contributed by atoms with E-state index < -0.39 is 0 Å². The van der Waals surface area contributed by atoms with Gasteiger partial charge in [0.05, 0.1) is 36.1 Å². The smallest absolute Gasteiger partial charge is 0.201 e. The van der Waals surface area contributed by atoms with Gasteiger partial charge >= 0.3 is 0 Å². The third-order valence-corrected chi connectivity index (χ3v) is 3.81. The van der Waals surface area contributed by atoms with Crippen LogP contribution >= 0.6 is 31.9 Å². The molecule has 0 saturated carbocycles. The molecule has 0 aliphatic heterocycles. The fourth-order valence-corrected chi connectivity index (χ4v) is 2.54. The van der Waals surface area contributed by atoms with Crippen LogP contribution < -0.4 is 9.47 Å². The second-order valence-electron chi connectivity index (χ2n) is 3.62. The molecule has 0 saturated heterocycles. The minimum Gasteiger partial charge on any atom is -0.496 e. The fraction of sp³-hybridized carbons (Fsp3) is 0.154. The molecule has 2 aromatic rings. The summed E-state index contributed by atoms with van der Waals surface area (Å²) >= 11 is 6.54. The Morgan fingerprint density at radius 1 is 1.11 bits per heavy atom. The van der Waals surface area contributed by atoms with Crippen molar-refractivity contribution < 1.29 is 18.7 Å². The lowest BCUT2D eigenvalue weighted by Gasteiger charge is -2.11. The molecule has 0 amide bonds. The van der Waals surface area contributed by atoms with Crippen molar-refractivity contribution in [3.05, 3.63) is 44.7 Å². The van der Waals surface area contributed by atoms with Crippen LogP contribution in [0, 0.1) is 0 Å². The molecule has 19 heavy (non-hydrogen) atoms. The highest BCUT2D eigenvalue weighted by atomic mass is 79.9. The Balaban J connectivity index is 2.55. The molecule has 0 atom stereocenters. The summed E-state index contributed by atoms with van der Waals surface area (Å²) in [6, 6.07) is 4.92. The van der Waals surface area contributed by atoms with Gasteiger partial charge in [-0.15, -0.1) is 0 Å². The van der Waals surface area contributed by atoms with Gasteiger partial charge in [0, 0.05) is 0 Å². The minimum atomic E-state index is -0.205. The number of hydrogen-bond donors (Lipinski definition) is 0. The average molecular weight is 390 g/mol. The molecule has 1 aromatic heterocycles. The molecule has 100 valence electrons. The summed E-state index contributed by atoms with van der Waals surface area (Å²) < 4.78 is 16.6. The van der Waals surface area contributed by atoms with Crippen molar-refractivity contribution in [3.8, 4) is 11.5 Å². The number of hydrogen-bond acceptors (Lipinski definition) is 4. The summed E-state index contributed by atoms with van der Waals surface area (Å²) in [6.07, 6.45) is 1.44. The van der Waals surface area contributed by atoms with E-state index in [1.807, 2.05) is 0 Å². The summed E-state index contributed by atoms with van der Waals surface area (Å²) in [4.78, 5) is 12.4. The summed E-state index contributed by atoms with van der Waals surface area (Å²) in [5.41, 5.74) is 0.840. The number of ether oxygens (including phenoxy) is 2. The molecule has 1 aromatic carbocycles. The van der Waals surface area contributed by atoms with Crippen molar-refractivity contribution in [3.63, 3.8) is 0 Å². The maximum absolute atomic E-state index is 12.4. The monoisotopic (exact) mass is 388 g/mol. The zero-order valence-electron chi connectivity index (χ0n) is 10.2. The molecule has 4 nitrogen and oxygen atoms in total. The van der Waals surface area contributed by atoms with Gasteiger partial charge in [-0.25, -0.2) is 0 Å². The molecule has 1 heterocycles. The van der Waals surface area contributed by atoms with Crippen molar-refractivity contribution in [2.75, 3.05) is 14.2 Å². The number of methoxy groups -OCH3 is 2. The minimum absolute atomic E-state index is 0.205. The topological polar surface area (TPSA) is 48.7 Å². The summed E-state index contributed by atoms with van der Waals surface area (Å²) in [5.74, 6) is 0.817. The zero-order valence-corrected chi connectivity index (χ0v) is 13.4. The number of benzene rings is 1. The Hall–Kier alpha value is -1.27. The summed E-state index contributed by atoms with van der Waals surface area (Å²) in [5, 5.41) is 0. The molecular weight excluding hydrogens is 380 g/mol. The molecule has 0 aliphatic carbocycles. The molecule has 0 spiro atoms. The van der Waals surface area contributed by atoms with Gasteiger partial charge in [-0.3, -0.25) is 4.79 Å². The van der Waals surface area contributed by atoms with Gasteiger partial charge in [-0.1, -0.05) is 0 Å². The fourth-order valence-electron chi connectivity index (χ4n) is 1.64. The van der Waals surface area contributed by atoms with Gasteiger partial charge in [0.1, 0.15) is 11.5 Å². The molecule has 2 rings (SSSR count). The molecule has 6 heteroatoms. The van der Waals surface area contributed by atoms with Crippen molar-refractivity contribution in [1.29, 1.82) is 0 Å². The van der Waals surface area contributed by atoms with Crippen LogP contribution in [-0.2, 0) is 0 Å². The molecule has 0 fully saturated rings. The van der Waals surface area contributed by atoms with E-state index in [0.29, 0.717) is 27.3 Å². The second kappa shape index (κ2) is 5.79. The lowest BCUT2D eigenvalue weighted by Crippen LogP contribution is -2.04. The van der Waals surface area contributed by atoms with Gasteiger partial charge in [0.25, 0.3) is 0 Å². The summed E-state index contributed by atoms with van der Waals surface area (Å²) in [6.45, 7) is 0. The highest BCUT2D eigenvalue weighted by Crippen LogP contribution is 2.34. The van der Waals surface area contributed by atoms with Crippen LogP contribution in [0.15, 0.2) is 38.0 Å². The number of furan rings is 1. The van der Waals surface area contributed by atoms with E-state index in [9.17, 15) is 4.79 Å². The van der Waals surface area contributed by atoms with Crippen molar-refractivity contribution in [2.45, 2.75) is 0 Å². The Bertz CT molecular complexity index is 619. The van der Waals surface area contributed by atoms with Crippen LogP contribution in [0.3, 0.4) is 0 Å². The quantitative estimate of drug-likeness (QED) is 0.740. The van der Waals surface area contributed by atoms with E-state index in [1.54, 1.807) is 18.2 Å². The van der Waals surface area contributed by atoms with Gasteiger partial charge in [0.15, 0.2) is 4.67 Å². The highest BCUT2D eigenvalue weighted by Gasteiger charge is 2.21. The first-order valence-corrected chi connectivity index (χ1v) is 6.86. The normalized spacial score (nSPS) is 10.3. The Morgan fingerprint density at radius 3 is 2.32 bits per heavy atom. The molecule has 0 bridgehead atoms. The largest absolute Gasteiger partial charge is 0.496 e. The zero-order chi connectivity index (χ0) is 14.0. The van der Waals surface area contributed by atoms with Crippen LogP contribution in [0.25, 0.3) is 0 Å². The van der Waals surface area contributed by atoms with E-state index in [0.717, 1.165) is 4.47 Å². The molecule has 0 unspecified atom stereocenters. The van der Waals surface area contributed by atoms with E-state index in [-0.39, 0.29) is 5.78 Å². The van der Waals surface area contributed by atoms with Crippen LogP contribution in [0.5, 0.6) is 11.5 Å². The Kier molecular flexibility index (Phi) is 4.31. The van der Waals surface area contributed by atoms with Gasteiger partial charge in [0.2, 0.25) is 5.78 Å². The molecular formula is C13H10Br2O4. The van der Waals surface area contributed by atoms with Crippen molar-refractivity contribution in [2.24, 2.45) is 0 Å². The number of carbonyl (C=O) groups is 1. The van der Waals surface area contributed by atoms with Gasteiger partial charge in [-0.2, -0.15) is 0 Å². The molecule has 0 radical (unpaired) electrons. The second-order valence-corrected chi connectivity index (χ2v) is 5.20. The van der Waals surface area contributed by atoms with E-state index in [1.165, 1.54) is 20.5 Å². The highest BCUT2D eigenvalue weighted by molar-refractivity contribution is 9.10. The van der Waals surface area contributed by atoms with Crippen molar-refractivity contribution in [1.82, 2.24) is 0 Å². The predicted molar refractivity (Wildman–Crippen MR) is 77.1 cm³/mol. The first-order valence-electron chi connectivity index (χ1n) is 5.27. The lowest BCUT2D eigenvalue weighted by molar-refractivity contribution is 0.103. The van der Waals surface area contributed by atoms with Gasteiger partial charge < -0.3 is 13.9 Å². The summed E-state index contributed by atoms with van der Waals surface area (Å²) in [7, 11) is 3.05. The van der Waals surface area contributed by atoms with Crippen LogP contribution in [0.4, 0.5) is 0 Å². The van der Waals surface area contributed by atoms with Crippen molar-refractivity contribution >= 4 is 37.6 Å². The number of rotatable bonds is 4. The van der Waals surface area contributed by atoms with Gasteiger partial charge in [-0.05, 0) is 50.1 Å². The first-order chi connectivity index (χ1) is 9.08. The number of ketones is 1. The third-order valence-electron chi connectivity index (χ3n) is 2.58. The lowest BCUT2D eigenvalue weighted by atomic mass is 10.0. The maximum atomic E-state index is 12.4. The van der Waals surface area contributed by atoms with E-state index >= 15 is 0 Å². The standard InChI is InChI=1S/C13H10Br2O4/c1-17-10-6-9(14)11(18-2)5-8(10)12(16)7-3-4-19-13(7)15/h3-6H,1-2H3. The van der Waals surface area contributed by atoms with E-state index in [2.05, 4.69) is 31.9 Å². The molecule has 0 N–H and O–H groups in total. The van der Waals surface area contributed by atoms with E-state index in [4.69, 9.17) is 13.9 Å². The average Bonchev–Trinajstić information content (AvgIpc) is 2.83. The number of halogens is 2. The first kappa shape index (κ1) is 14.1. The predicted octanol–water partition coefficient (Wildman–Crippen LogP) is 4.05. The molecule has 0 aliphatic rings.